The van der Waals surface area contributed by atoms with Crippen molar-refractivity contribution in [2.75, 3.05) is 39.6 Å². The summed E-state index contributed by atoms with van der Waals surface area (Å²) in [6.45, 7) is -1.30. The van der Waals surface area contributed by atoms with Crippen LogP contribution >= 0.6 is 0 Å². The highest BCUT2D eigenvalue weighted by atomic mass is 16.8. The quantitative estimate of drug-likeness (QED) is 0.0538. The Kier molecular flexibility index (Phi) is 23.3. The Hall–Kier alpha value is -3.20. The maximum atomic E-state index is 12.6. The van der Waals surface area contributed by atoms with E-state index < -0.39 is 247 Å². The van der Waals surface area contributed by atoms with Gasteiger partial charge in [-0.1, -0.05) is 0 Å². The molecule has 456 valence electrons. The molecule has 30 atom stereocenters. The number of carbonyl (C=O) groups is 4. The van der Waals surface area contributed by atoms with E-state index in [1.807, 2.05) is 0 Å². The van der Waals surface area contributed by atoms with Gasteiger partial charge >= 0.3 is 0 Å². The highest BCUT2D eigenvalue weighted by Gasteiger charge is 2.57. The molecule has 6 fully saturated rings. The molecule has 6 aliphatic rings. The van der Waals surface area contributed by atoms with E-state index in [9.17, 15) is 101 Å². The summed E-state index contributed by atoms with van der Waals surface area (Å²) in [6, 6.07) is -6.41. The van der Waals surface area contributed by atoms with Crippen LogP contribution in [-0.4, -0.2) is 329 Å². The molecule has 20 N–H and O–H groups in total. The van der Waals surface area contributed by atoms with E-state index >= 15 is 0 Å². The number of carbonyl (C=O) groups excluding carboxylic acids is 4. The van der Waals surface area contributed by atoms with Crippen molar-refractivity contribution in [3.8, 4) is 0 Å². The fourth-order valence-corrected chi connectivity index (χ4v) is 10.0. The highest BCUT2D eigenvalue weighted by Crippen LogP contribution is 2.36. The number of aliphatic hydroxyl groups is 16. The fourth-order valence-electron chi connectivity index (χ4n) is 10.0. The molecule has 0 aromatic carbocycles. The van der Waals surface area contributed by atoms with Gasteiger partial charge in [-0.25, -0.2) is 0 Å². The van der Waals surface area contributed by atoms with E-state index in [-0.39, 0.29) is 0 Å². The van der Waals surface area contributed by atoms with Crippen molar-refractivity contribution >= 4 is 23.6 Å². The molecule has 0 saturated carbocycles. The minimum absolute atomic E-state index is 0.718. The Morgan fingerprint density at radius 3 is 1.03 bits per heavy atom. The first kappa shape index (κ1) is 65.0. The molecule has 0 bridgehead atoms. The van der Waals surface area contributed by atoms with Crippen molar-refractivity contribution in [3.05, 3.63) is 0 Å². The number of hydrogen-bond donors (Lipinski definition) is 20. The third-order valence-electron chi connectivity index (χ3n) is 14.0. The molecule has 6 heterocycles. The number of ether oxygens (including phenoxy) is 11. The average Bonchev–Trinajstić information content (AvgIpc) is 3.49. The largest absolute Gasteiger partial charge is 0.394 e. The van der Waals surface area contributed by atoms with Gasteiger partial charge in [0.1, 0.15) is 146 Å². The molecule has 35 nitrogen and oxygen atoms in total. The third-order valence-corrected chi connectivity index (χ3v) is 14.0. The highest BCUT2D eigenvalue weighted by molar-refractivity contribution is 5.74. The first-order valence-electron chi connectivity index (χ1n) is 25.1. The van der Waals surface area contributed by atoms with Crippen LogP contribution in [-0.2, 0) is 71.3 Å². The second-order valence-electron chi connectivity index (χ2n) is 19.7. The van der Waals surface area contributed by atoms with Gasteiger partial charge in [0.05, 0.1) is 39.6 Å². The number of amides is 4. The molecule has 6 saturated heterocycles. The molecular weight excluding hydrogens is 1080 g/mol. The zero-order chi connectivity index (χ0) is 58.5. The summed E-state index contributed by atoms with van der Waals surface area (Å²) in [6.07, 6.45) is -47.6. The lowest BCUT2D eigenvalue weighted by Crippen LogP contribution is -2.70. The van der Waals surface area contributed by atoms with E-state index in [1.54, 1.807) is 0 Å². The molecular formula is C44H74N4O31. The lowest BCUT2D eigenvalue weighted by atomic mass is 9.94. The maximum Gasteiger partial charge on any atom is 0.217 e. The zero-order valence-electron chi connectivity index (χ0n) is 42.8. The second-order valence-corrected chi connectivity index (χ2v) is 19.7. The SMILES string of the molecule is CC(=O)N[C@@H]1[C@@H](O[C@@H]2O[C@H](CO)[C@H](O[C@@H]3O[C@H](CO)[C@@H](O)[C@H](O)[C@H]3NC(C)=O)[C@H](O)[C@H]2O)[C@@H](O)[C@@H](CO[C@@H]2O[C@H](CO)[C@@H](O[C@@H]3O[C@H](CO)[C@H](O[C@H]4O[C@H](CO)[C@@H](O)[C@H](O)[C@H]4NC(C)=O)[C@H](O)[C@H]3O)[C@H](O)[C@H]2NC(C)=O)O[C@@H]1O. The summed E-state index contributed by atoms with van der Waals surface area (Å²) in [4.78, 5) is 48.9. The third kappa shape index (κ3) is 14.8. The lowest BCUT2D eigenvalue weighted by Gasteiger charge is -2.49. The molecule has 0 aromatic heterocycles. The molecule has 35 heteroatoms. The zero-order valence-corrected chi connectivity index (χ0v) is 42.8. The van der Waals surface area contributed by atoms with Crippen LogP contribution in [0.15, 0.2) is 0 Å². The summed E-state index contributed by atoms with van der Waals surface area (Å²) in [7, 11) is 0. The van der Waals surface area contributed by atoms with Gasteiger partial charge in [0.2, 0.25) is 23.6 Å². The Labute approximate surface area is 448 Å². The predicted octanol–water partition coefficient (Wildman–Crippen LogP) is -13.5. The van der Waals surface area contributed by atoms with Crippen LogP contribution in [0.2, 0.25) is 0 Å². The first-order valence-corrected chi connectivity index (χ1v) is 25.1. The van der Waals surface area contributed by atoms with Crippen LogP contribution in [0.25, 0.3) is 0 Å². The summed E-state index contributed by atoms with van der Waals surface area (Å²) in [5.74, 6) is -3.05. The van der Waals surface area contributed by atoms with Gasteiger partial charge in [-0.15, -0.1) is 0 Å². The molecule has 79 heavy (non-hydrogen) atoms. The monoisotopic (exact) mass is 1150 g/mol. The smallest absolute Gasteiger partial charge is 0.217 e. The number of rotatable bonds is 20. The van der Waals surface area contributed by atoms with Crippen LogP contribution in [0.4, 0.5) is 0 Å². The lowest BCUT2D eigenvalue weighted by molar-refractivity contribution is -0.372. The van der Waals surface area contributed by atoms with Crippen molar-refractivity contribution in [1.82, 2.24) is 21.3 Å². The van der Waals surface area contributed by atoms with E-state index in [2.05, 4.69) is 21.3 Å². The van der Waals surface area contributed by atoms with Gasteiger partial charge in [0.25, 0.3) is 0 Å². The molecule has 6 aliphatic heterocycles. The van der Waals surface area contributed by atoms with E-state index in [0.29, 0.717) is 0 Å². The summed E-state index contributed by atoms with van der Waals surface area (Å²) >= 11 is 0. The van der Waals surface area contributed by atoms with Gasteiger partial charge in [0, 0.05) is 27.7 Å². The Morgan fingerprint density at radius 1 is 0.329 bits per heavy atom. The maximum absolute atomic E-state index is 12.6. The van der Waals surface area contributed by atoms with Crippen LogP contribution in [0.5, 0.6) is 0 Å². The number of hydrogen-bond acceptors (Lipinski definition) is 31. The van der Waals surface area contributed by atoms with Crippen molar-refractivity contribution in [1.29, 1.82) is 0 Å². The molecule has 6 rings (SSSR count). The van der Waals surface area contributed by atoms with Gasteiger partial charge < -0.3 is 155 Å². The van der Waals surface area contributed by atoms with Crippen molar-refractivity contribution in [2.45, 2.75) is 212 Å². The van der Waals surface area contributed by atoms with Crippen molar-refractivity contribution in [2.24, 2.45) is 0 Å². The molecule has 0 unspecified atom stereocenters. The second kappa shape index (κ2) is 28.4. The van der Waals surface area contributed by atoms with Crippen LogP contribution in [0, 0.1) is 0 Å². The minimum atomic E-state index is -2.17. The minimum Gasteiger partial charge on any atom is -0.394 e. The van der Waals surface area contributed by atoms with Gasteiger partial charge in [0.15, 0.2) is 37.7 Å². The molecule has 4 amide bonds. The standard InChI is InChI=1S/C44H74N4O31/c1-11(54)45-21-28(61)25(58)15(5-49)71-41(21)76-36-18(8-52)74-43(33(66)31(36)64)78-35-17(7-51)73-40(23(30(35)63)47-13(3)56)69-10-20-27(60)38(24(39(68)70-20)48-14(4)57)79-44-34(67)32(65)37(19(9-53)75-44)77-42-22(46-12(2)55)29(62)26(59)16(6-50)72-42/h15-44,49-53,58-68H,5-10H2,1-4H3,(H,45,54)(H,46,55)(H,47,56)(H,48,57)/t15-,16-,17-,18-,19-,20-,21-,22-,23-,24-,25-,26-,27+,28-,29-,30-,31-,32-,33-,34-,35-,36+,37+,38-,39+,40-,41-,42+,43+,44+/m1/s1. The number of nitrogens with one attached hydrogen (secondary N) is 4. The van der Waals surface area contributed by atoms with E-state index in [0.717, 1.165) is 27.7 Å². The average molecular weight is 1160 g/mol. The molecule has 0 aromatic rings. The van der Waals surface area contributed by atoms with Crippen LogP contribution in [0.3, 0.4) is 0 Å². The van der Waals surface area contributed by atoms with Crippen LogP contribution in [0.1, 0.15) is 27.7 Å². The molecule has 0 spiro atoms. The first-order chi connectivity index (χ1) is 37.3. The van der Waals surface area contributed by atoms with E-state index in [1.165, 1.54) is 0 Å². The number of aliphatic hydroxyl groups excluding tert-OH is 16. The Morgan fingerprint density at radius 2 is 0.646 bits per heavy atom. The molecule has 0 aliphatic carbocycles. The van der Waals surface area contributed by atoms with Crippen LogP contribution < -0.4 is 21.3 Å². The van der Waals surface area contributed by atoms with Gasteiger partial charge in [-0.05, 0) is 0 Å². The Balaban J connectivity index is 1.15. The summed E-state index contributed by atoms with van der Waals surface area (Å²) in [5.41, 5.74) is 0. The van der Waals surface area contributed by atoms with Crippen molar-refractivity contribution < 1.29 is 153 Å². The topological polar surface area (TPSA) is 542 Å². The Bertz CT molecular complexity index is 1990. The summed E-state index contributed by atoms with van der Waals surface area (Å²) in [5, 5.41) is 182. The van der Waals surface area contributed by atoms with Gasteiger partial charge in [-0.3, -0.25) is 19.2 Å². The fraction of sp³-hybridized carbons (Fsp3) is 0.909. The molecule has 0 radical (unpaired) electrons. The van der Waals surface area contributed by atoms with E-state index in [4.69, 9.17) is 52.1 Å². The normalized spacial score (nSPS) is 46.7. The van der Waals surface area contributed by atoms with Crippen molar-refractivity contribution in [3.63, 3.8) is 0 Å². The predicted molar refractivity (Wildman–Crippen MR) is 246 cm³/mol. The van der Waals surface area contributed by atoms with Gasteiger partial charge in [-0.2, -0.15) is 0 Å². The summed E-state index contributed by atoms with van der Waals surface area (Å²) < 4.78 is 63.3.